The topological polar surface area (TPSA) is 45.5 Å². The van der Waals surface area contributed by atoms with Gasteiger partial charge in [-0.3, -0.25) is 4.79 Å². The third-order valence-electron chi connectivity index (χ3n) is 5.19. The first-order chi connectivity index (χ1) is 10.7. The summed E-state index contributed by atoms with van der Waals surface area (Å²) in [5, 5.41) is 3.19. The smallest absolute Gasteiger partial charge is 0.255 e. The van der Waals surface area contributed by atoms with E-state index >= 15 is 0 Å². The van der Waals surface area contributed by atoms with E-state index in [4.69, 9.17) is 4.42 Å². The Bertz CT molecular complexity index is 491. The minimum Gasteiger partial charge on any atom is -0.469 e. The highest BCUT2D eigenvalue weighted by molar-refractivity contribution is 5.95. The molecule has 2 aliphatic rings. The van der Waals surface area contributed by atoms with Crippen LogP contribution in [0.2, 0.25) is 0 Å². The van der Waals surface area contributed by atoms with Gasteiger partial charge in [-0.15, -0.1) is 0 Å². The molecule has 1 amide bonds. The fraction of sp³-hybridized carbons (Fsp3) is 0.722. The number of nitrogens with zero attached hydrogens (tertiary/aromatic N) is 1. The number of nitrogens with one attached hydrogen (secondary N) is 1. The van der Waals surface area contributed by atoms with Crippen LogP contribution in [0.1, 0.15) is 61.1 Å². The summed E-state index contributed by atoms with van der Waals surface area (Å²) in [5.41, 5.74) is 0.671. The first-order valence-electron chi connectivity index (χ1n) is 8.79. The van der Waals surface area contributed by atoms with Crippen molar-refractivity contribution in [3.8, 4) is 0 Å². The van der Waals surface area contributed by atoms with Crippen LogP contribution >= 0.6 is 0 Å². The summed E-state index contributed by atoms with van der Waals surface area (Å²) in [6, 6.07) is 2.03. The van der Waals surface area contributed by atoms with E-state index in [1.54, 1.807) is 12.3 Å². The van der Waals surface area contributed by atoms with Crippen LogP contribution in [-0.4, -0.2) is 36.5 Å². The van der Waals surface area contributed by atoms with Crippen LogP contribution in [0.25, 0.3) is 0 Å². The molecule has 1 aliphatic heterocycles. The Kier molecular flexibility index (Phi) is 5.19. The number of furan rings is 1. The number of carbonyl (C=O) groups is 1. The number of likely N-dealkylation sites (tertiary alicyclic amines) is 1. The molecule has 1 N–H and O–H groups in total. The van der Waals surface area contributed by atoms with Gasteiger partial charge in [0.2, 0.25) is 0 Å². The number of amides is 1. The summed E-state index contributed by atoms with van der Waals surface area (Å²) in [7, 11) is 0. The summed E-state index contributed by atoms with van der Waals surface area (Å²) in [5.74, 6) is 1.59. The van der Waals surface area contributed by atoms with Gasteiger partial charge in [-0.05, 0) is 51.1 Å². The van der Waals surface area contributed by atoms with Crippen molar-refractivity contribution in [2.45, 2.75) is 57.9 Å². The van der Waals surface area contributed by atoms with Crippen LogP contribution < -0.4 is 5.32 Å². The van der Waals surface area contributed by atoms with Gasteiger partial charge in [0.05, 0.1) is 11.8 Å². The average molecular weight is 304 g/mol. The lowest BCUT2D eigenvalue weighted by atomic mass is 9.88. The quantitative estimate of drug-likeness (QED) is 0.927. The Morgan fingerprint density at radius 2 is 2.09 bits per heavy atom. The fourth-order valence-corrected chi connectivity index (χ4v) is 3.96. The van der Waals surface area contributed by atoms with E-state index in [1.807, 2.05) is 6.92 Å². The van der Waals surface area contributed by atoms with E-state index in [2.05, 4.69) is 10.2 Å². The number of aryl methyl sites for hydroxylation is 1. The van der Waals surface area contributed by atoms with Crippen LogP contribution in [0.4, 0.5) is 0 Å². The van der Waals surface area contributed by atoms with Crippen molar-refractivity contribution in [1.82, 2.24) is 10.2 Å². The molecule has 4 nitrogen and oxygen atoms in total. The lowest BCUT2D eigenvalue weighted by Crippen LogP contribution is -2.49. The predicted octanol–water partition coefficient (Wildman–Crippen LogP) is 3.36. The standard InChI is InChI=1S/C18H28N2O2/c1-14-17(9-11-22-14)18(21)19-16-8-5-10-20(13-16)12-15-6-3-2-4-7-15/h9,11,15-16H,2-8,10,12-13H2,1H3,(H,19,21). The molecule has 1 aliphatic carbocycles. The van der Waals surface area contributed by atoms with Crippen LogP contribution in [0.3, 0.4) is 0 Å². The van der Waals surface area contributed by atoms with E-state index in [9.17, 15) is 4.79 Å². The van der Waals surface area contributed by atoms with Crippen molar-refractivity contribution in [2.24, 2.45) is 5.92 Å². The fourth-order valence-electron chi connectivity index (χ4n) is 3.96. The molecule has 22 heavy (non-hydrogen) atoms. The SMILES string of the molecule is Cc1occc1C(=O)NC1CCCN(CC2CCCCC2)C1. The molecule has 1 aromatic rings. The maximum atomic E-state index is 12.3. The van der Waals surface area contributed by atoms with Gasteiger partial charge in [0.25, 0.3) is 5.91 Å². The third-order valence-corrected chi connectivity index (χ3v) is 5.19. The number of piperidine rings is 1. The van der Waals surface area contributed by atoms with Gasteiger partial charge < -0.3 is 14.6 Å². The van der Waals surface area contributed by atoms with Gasteiger partial charge in [0.15, 0.2) is 0 Å². The highest BCUT2D eigenvalue weighted by atomic mass is 16.3. The Hall–Kier alpha value is -1.29. The molecular weight excluding hydrogens is 276 g/mol. The van der Waals surface area contributed by atoms with Crippen molar-refractivity contribution >= 4 is 5.91 Å². The minimum atomic E-state index is 0.00997. The molecule has 3 rings (SSSR count). The van der Waals surface area contributed by atoms with Crippen LogP contribution in [0.5, 0.6) is 0 Å². The lowest BCUT2D eigenvalue weighted by Gasteiger charge is -2.36. The van der Waals surface area contributed by atoms with Gasteiger partial charge in [0, 0.05) is 19.1 Å². The molecule has 1 saturated carbocycles. The highest BCUT2D eigenvalue weighted by Gasteiger charge is 2.25. The number of hydrogen-bond donors (Lipinski definition) is 1. The third kappa shape index (κ3) is 3.92. The summed E-state index contributed by atoms with van der Waals surface area (Å²) >= 11 is 0. The van der Waals surface area contributed by atoms with Crippen molar-refractivity contribution in [2.75, 3.05) is 19.6 Å². The normalized spacial score (nSPS) is 24.3. The minimum absolute atomic E-state index is 0.00997. The monoisotopic (exact) mass is 304 g/mol. The van der Waals surface area contributed by atoms with Crippen LogP contribution in [-0.2, 0) is 0 Å². The molecule has 0 radical (unpaired) electrons. The molecule has 0 bridgehead atoms. The summed E-state index contributed by atoms with van der Waals surface area (Å²) < 4.78 is 5.23. The molecule has 2 fully saturated rings. The van der Waals surface area contributed by atoms with Crippen molar-refractivity contribution < 1.29 is 9.21 Å². The second-order valence-corrected chi connectivity index (χ2v) is 6.97. The molecule has 1 atom stereocenters. The van der Waals surface area contributed by atoms with E-state index in [1.165, 1.54) is 51.6 Å². The van der Waals surface area contributed by atoms with E-state index < -0.39 is 0 Å². The number of rotatable bonds is 4. The van der Waals surface area contributed by atoms with Crippen LogP contribution in [0, 0.1) is 12.8 Å². The molecule has 2 heterocycles. The lowest BCUT2D eigenvalue weighted by molar-refractivity contribution is 0.0888. The highest BCUT2D eigenvalue weighted by Crippen LogP contribution is 2.25. The Balaban J connectivity index is 1.50. The maximum Gasteiger partial charge on any atom is 0.255 e. The number of carbonyl (C=O) groups excluding carboxylic acids is 1. The van der Waals surface area contributed by atoms with Gasteiger partial charge in [-0.1, -0.05) is 19.3 Å². The van der Waals surface area contributed by atoms with Crippen molar-refractivity contribution in [1.29, 1.82) is 0 Å². The molecule has 0 aromatic carbocycles. The van der Waals surface area contributed by atoms with Crippen LogP contribution in [0.15, 0.2) is 16.7 Å². The molecule has 1 saturated heterocycles. The molecule has 1 aromatic heterocycles. The van der Waals surface area contributed by atoms with Gasteiger partial charge in [-0.2, -0.15) is 0 Å². The van der Waals surface area contributed by atoms with E-state index in [0.717, 1.165) is 18.9 Å². The molecule has 0 spiro atoms. The van der Waals surface area contributed by atoms with Gasteiger partial charge in [-0.25, -0.2) is 0 Å². The van der Waals surface area contributed by atoms with Gasteiger partial charge >= 0.3 is 0 Å². The second-order valence-electron chi connectivity index (χ2n) is 6.97. The summed E-state index contributed by atoms with van der Waals surface area (Å²) in [4.78, 5) is 14.9. The first-order valence-corrected chi connectivity index (χ1v) is 8.79. The summed E-state index contributed by atoms with van der Waals surface area (Å²) in [6.07, 6.45) is 10.9. The van der Waals surface area contributed by atoms with E-state index in [-0.39, 0.29) is 11.9 Å². The second kappa shape index (κ2) is 7.32. The van der Waals surface area contributed by atoms with Gasteiger partial charge in [0.1, 0.15) is 5.76 Å². The number of hydrogen-bond acceptors (Lipinski definition) is 3. The summed E-state index contributed by atoms with van der Waals surface area (Å²) in [6.45, 7) is 5.25. The molecule has 4 heteroatoms. The molecular formula is C18H28N2O2. The molecule has 122 valence electrons. The predicted molar refractivity (Wildman–Crippen MR) is 86.9 cm³/mol. The first kappa shape index (κ1) is 15.6. The zero-order valence-corrected chi connectivity index (χ0v) is 13.6. The van der Waals surface area contributed by atoms with E-state index in [0.29, 0.717) is 11.3 Å². The average Bonchev–Trinajstić information content (AvgIpc) is 2.95. The van der Waals surface area contributed by atoms with Crippen molar-refractivity contribution in [3.63, 3.8) is 0 Å². The zero-order chi connectivity index (χ0) is 15.4. The maximum absolute atomic E-state index is 12.3. The molecule has 1 unspecified atom stereocenters. The van der Waals surface area contributed by atoms with Crippen molar-refractivity contribution in [3.05, 3.63) is 23.7 Å². The zero-order valence-electron chi connectivity index (χ0n) is 13.6. The largest absolute Gasteiger partial charge is 0.469 e. The Labute approximate surface area is 133 Å². The Morgan fingerprint density at radius 1 is 1.27 bits per heavy atom. The Morgan fingerprint density at radius 3 is 2.82 bits per heavy atom.